The van der Waals surface area contributed by atoms with Crippen molar-refractivity contribution in [2.75, 3.05) is 0 Å². The Morgan fingerprint density at radius 3 is 2.27 bits per heavy atom. The van der Waals surface area contributed by atoms with Crippen molar-refractivity contribution in [1.29, 1.82) is 0 Å². The van der Waals surface area contributed by atoms with Crippen LogP contribution in [0.15, 0.2) is 12.2 Å². The summed E-state index contributed by atoms with van der Waals surface area (Å²) in [5.74, 6) is -0.230. The third kappa shape index (κ3) is 2.94. The standard InChI is InChI=1S/C8H11F3O3S/c1-6-4-2-3-5-7(6)14-15(12,13)8(9,10)11/h2-3,6-7H,4-5H2,1H3. The van der Waals surface area contributed by atoms with Gasteiger partial charge in [-0.2, -0.15) is 21.6 Å². The van der Waals surface area contributed by atoms with Crippen molar-refractivity contribution in [3.05, 3.63) is 12.2 Å². The zero-order chi connectivity index (χ0) is 11.7. The summed E-state index contributed by atoms with van der Waals surface area (Å²) in [6.07, 6.45) is 3.22. The fourth-order valence-corrected chi connectivity index (χ4v) is 1.98. The smallest absolute Gasteiger partial charge is 0.259 e. The summed E-state index contributed by atoms with van der Waals surface area (Å²) in [4.78, 5) is 0. The molecule has 1 rings (SSSR count). The van der Waals surface area contributed by atoms with Gasteiger partial charge in [0.15, 0.2) is 0 Å². The molecule has 0 bridgehead atoms. The maximum absolute atomic E-state index is 12.0. The van der Waals surface area contributed by atoms with Crippen molar-refractivity contribution in [1.82, 2.24) is 0 Å². The van der Waals surface area contributed by atoms with E-state index < -0.39 is 21.7 Å². The highest BCUT2D eigenvalue weighted by Gasteiger charge is 2.49. The van der Waals surface area contributed by atoms with E-state index in [1.165, 1.54) is 0 Å². The van der Waals surface area contributed by atoms with Gasteiger partial charge < -0.3 is 0 Å². The Morgan fingerprint density at radius 1 is 1.27 bits per heavy atom. The van der Waals surface area contributed by atoms with E-state index in [1.54, 1.807) is 19.1 Å². The highest BCUT2D eigenvalue weighted by Crippen LogP contribution is 2.30. The summed E-state index contributed by atoms with van der Waals surface area (Å²) < 4.78 is 61.5. The molecular weight excluding hydrogens is 233 g/mol. The summed E-state index contributed by atoms with van der Waals surface area (Å²) in [7, 11) is -5.46. The first-order valence-corrected chi connectivity index (χ1v) is 5.79. The molecule has 3 nitrogen and oxygen atoms in total. The molecule has 0 aromatic heterocycles. The molecule has 0 saturated carbocycles. The van der Waals surface area contributed by atoms with Crippen molar-refractivity contribution >= 4 is 10.1 Å². The first kappa shape index (κ1) is 12.5. The van der Waals surface area contributed by atoms with Gasteiger partial charge >= 0.3 is 15.6 Å². The first-order valence-electron chi connectivity index (χ1n) is 4.38. The molecule has 0 saturated heterocycles. The molecule has 2 unspecified atom stereocenters. The molecule has 0 heterocycles. The molecule has 7 heteroatoms. The van der Waals surface area contributed by atoms with Crippen LogP contribution in [0.2, 0.25) is 0 Å². The molecule has 0 fully saturated rings. The average molecular weight is 244 g/mol. The Kier molecular flexibility index (Phi) is 3.44. The molecule has 1 aliphatic carbocycles. The van der Waals surface area contributed by atoms with E-state index in [0.29, 0.717) is 6.42 Å². The zero-order valence-corrected chi connectivity index (χ0v) is 8.81. The number of halogens is 3. The predicted octanol–water partition coefficient (Wildman–Crippen LogP) is 2.21. The lowest BCUT2D eigenvalue weighted by Gasteiger charge is -2.24. The second kappa shape index (κ2) is 4.13. The number of alkyl halides is 3. The molecule has 0 aromatic carbocycles. The maximum Gasteiger partial charge on any atom is 0.523 e. The van der Waals surface area contributed by atoms with Crippen molar-refractivity contribution in [2.24, 2.45) is 5.92 Å². The molecule has 0 radical (unpaired) electrons. The molecule has 0 aliphatic heterocycles. The third-order valence-electron chi connectivity index (χ3n) is 2.21. The van der Waals surface area contributed by atoms with Crippen LogP contribution in [0.5, 0.6) is 0 Å². The summed E-state index contributed by atoms with van der Waals surface area (Å²) in [5.41, 5.74) is -5.34. The molecule has 2 atom stereocenters. The fourth-order valence-electron chi connectivity index (χ4n) is 1.28. The number of allylic oxidation sites excluding steroid dienone is 1. The van der Waals surface area contributed by atoms with Crippen molar-refractivity contribution in [2.45, 2.75) is 31.4 Å². The summed E-state index contributed by atoms with van der Waals surface area (Å²) in [6.45, 7) is 1.65. The second-order valence-electron chi connectivity index (χ2n) is 3.45. The van der Waals surface area contributed by atoms with E-state index in [9.17, 15) is 21.6 Å². The van der Waals surface area contributed by atoms with Gasteiger partial charge in [0.2, 0.25) is 0 Å². The van der Waals surface area contributed by atoms with E-state index in [1.807, 2.05) is 0 Å². The van der Waals surface area contributed by atoms with Crippen molar-refractivity contribution < 1.29 is 25.8 Å². The normalized spacial score (nSPS) is 28.0. The molecule has 0 aromatic rings. The monoisotopic (exact) mass is 244 g/mol. The minimum atomic E-state index is -5.46. The number of hydrogen-bond acceptors (Lipinski definition) is 3. The van der Waals surface area contributed by atoms with Crippen LogP contribution in [0.1, 0.15) is 19.8 Å². The molecule has 88 valence electrons. The van der Waals surface area contributed by atoms with Crippen LogP contribution in [-0.4, -0.2) is 20.0 Å². The molecule has 0 spiro atoms. The summed E-state index contributed by atoms with van der Waals surface area (Å²) in [5, 5.41) is 0. The summed E-state index contributed by atoms with van der Waals surface area (Å²) >= 11 is 0. The first-order chi connectivity index (χ1) is 6.74. The van der Waals surface area contributed by atoms with Crippen LogP contribution < -0.4 is 0 Å². The van der Waals surface area contributed by atoms with Crippen LogP contribution in [0.4, 0.5) is 13.2 Å². The fraction of sp³-hybridized carbons (Fsp3) is 0.750. The van der Waals surface area contributed by atoms with E-state index in [0.717, 1.165) is 0 Å². The van der Waals surface area contributed by atoms with Gasteiger partial charge in [0, 0.05) is 0 Å². The van der Waals surface area contributed by atoms with Crippen LogP contribution in [0.25, 0.3) is 0 Å². The van der Waals surface area contributed by atoms with Gasteiger partial charge in [-0.3, -0.25) is 4.18 Å². The van der Waals surface area contributed by atoms with Gasteiger partial charge in [-0.15, -0.1) is 0 Å². The number of rotatable bonds is 2. The Hall–Kier alpha value is -0.560. The minimum Gasteiger partial charge on any atom is -0.259 e. The highest BCUT2D eigenvalue weighted by molar-refractivity contribution is 7.87. The van der Waals surface area contributed by atoms with Crippen molar-refractivity contribution in [3.8, 4) is 0 Å². The lowest BCUT2D eigenvalue weighted by Crippen LogP contribution is -2.33. The van der Waals surface area contributed by atoms with E-state index in [4.69, 9.17) is 0 Å². The Morgan fingerprint density at radius 2 is 1.80 bits per heavy atom. The van der Waals surface area contributed by atoms with Crippen LogP contribution >= 0.6 is 0 Å². The van der Waals surface area contributed by atoms with Gasteiger partial charge in [-0.25, -0.2) is 0 Å². The lowest BCUT2D eigenvalue weighted by molar-refractivity contribution is -0.0592. The molecule has 0 amide bonds. The van der Waals surface area contributed by atoms with Gasteiger partial charge in [0.1, 0.15) is 0 Å². The molecule has 1 aliphatic rings. The Labute approximate surface area is 86.0 Å². The van der Waals surface area contributed by atoms with Gasteiger partial charge in [-0.05, 0) is 18.8 Å². The van der Waals surface area contributed by atoms with Crippen LogP contribution in [0, 0.1) is 5.92 Å². The van der Waals surface area contributed by atoms with E-state index >= 15 is 0 Å². The highest BCUT2D eigenvalue weighted by atomic mass is 32.2. The Bertz CT molecular complexity index is 345. The van der Waals surface area contributed by atoms with Crippen LogP contribution in [0.3, 0.4) is 0 Å². The molecular formula is C8H11F3O3S. The molecule has 15 heavy (non-hydrogen) atoms. The number of hydrogen-bond donors (Lipinski definition) is 0. The largest absolute Gasteiger partial charge is 0.523 e. The summed E-state index contributed by atoms with van der Waals surface area (Å²) in [6, 6.07) is 0. The second-order valence-corrected chi connectivity index (χ2v) is 5.02. The molecule has 0 N–H and O–H groups in total. The average Bonchev–Trinajstić information content (AvgIpc) is 2.06. The lowest BCUT2D eigenvalue weighted by atomic mass is 9.93. The van der Waals surface area contributed by atoms with Crippen molar-refractivity contribution in [3.63, 3.8) is 0 Å². The van der Waals surface area contributed by atoms with Gasteiger partial charge in [-0.1, -0.05) is 19.1 Å². The van der Waals surface area contributed by atoms with Gasteiger partial charge in [0.25, 0.3) is 0 Å². The topological polar surface area (TPSA) is 43.4 Å². The quantitative estimate of drug-likeness (QED) is 0.425. The van der Waals surface area contributed by atoms with Crippen LogP contribution in [-0.2, 0) is 14.3 Å². The predicted molar refractivity (Wildman–Crippen MR) is 47.4 cm³/mol. The third-order valence-corrected chi connectivity index (χ3v) is 3.28. The van der Waals surface area contributed by atoms with E-state index in [2.05, 4.69) is 4.18 Å². The van der Waals surface area contributed by atoms with Gasteiger partial charge in [0.05, 0.1) is 6.10 Å². The zero-order valence-electron chi connectivity index (χ0n) is 7.99. The SMILES string of the molecule is CC1CC=CCC1OS(=O)(=O)C(F)(F)F. The minimum absolute atomic E-state index is 0.191. The van der Waals surface area contributed by atoms with E-state index in [-0.39, 0.29) is 12.3 Å². The Balaban J connectivity index is 2.74. The maximum atomic E-state index is 12.0.